The van der Waals surface area contributed by atoms with Crippen molar-refractivity contribution in [2.75, 3.05) is 6.54 Å². The standard InChI is InChI=1S/C31H32F3N3O3S/c1-5-9-24-27-22(17-37(24)41(39)30(2,3)4)15-23(29(38)35-18-31(32,33)34)36-28(27)21-12-8-11-19(14-21)26-16-20-10-6-7-13-25(20)40-26/h6-8,10-16,24H,5,9,17-18H2,1-4H3,(H,35,38)/t24-,41-/m1/s1. The summed E-state index contributed by atoms with van der Waals surface area (Å²) in [5.41, 5.74) is 4.19. The third-order valence-electron chi connectivity index (χ3n) is 6.98. The number of carbonyl (C=O) groups is 1. The van der Waals surface area contributed by atoms with E-state index in [9.17, 15) is 22.2 Å². The molecule has 0 fully saturated rings. The number of nitrogens with zero attached hydrogens (tertiary/aromatic N) is 2. The number of aromatic nitrogens is 1. The summed E-state index contributed by atoms with van der Waals surface area (Å²) in [5, 5.41) is 2.90. The molecule has 3 heterocycles. The number of halogens is 3. The van der Waals surface area contributed by atoms with Crippen LogP contribution in [-0.2, 0) is 17.5 Å². The molecule has 0 aliphatic carbocycles. The average Bonchev–Trinajstić information content (AvgIpc) is 3.52. The van der Waals surface area contributed by atoms with Crippen molar-refractivity contribution in [1.82, 2.24) is 14.6 Å². The topological polar surface area (TPSA) is 75.4 Å². The Morgan fingerprint density at radius 3 is 2.49 bits per heavy atom. The lowest BCUT2D eigenvalue weighted by atomic mass is 9.94. The molecule has 4 aromatic rings. The second-order valence-corrected chi connectivity index (χ2v) is 13.4. The van der Waals surface area contributed by atoms with E-state index in [1.165, 1.54) is 6.07 Å². The maximum atomic E-state index is 13.6. The first-order valence-electron chi connectivity index (χ1n) is 13.5. The van der Waals surface area contributed by atoms with E-state index in [1.54, 1.807) is 0 Å². The summed E-state index contributed by atoms with van der Waals surface area (Å²) in [6.45, 7) is 6.59. The molecule has 6 nitrogen and oxygen atoms in total. The first-order valence-corrected chi connectivity index (χ1v) is 14.6. The van der Waals surface area contributed by atoms with E-state index in [0.717, 1.165) is 34.1 Å². The summed E-state index contributed by atoms with van der Waals surface area (Å²) >= 11 is 0. The van der Waals surface area contributed by atoms with Gasteiger partial charge >= 0.3 is 6.18 Å². The maximum absolute atomic E-state index is 13.6. The van der Waals surface area contributed by atoms with Gasteiger partial charge in [0.2, 0.25) is 0 Å². The number of alkyl halides is 3. The zero-order chi connectivity index (χ0) is 29.5. The van der Waals surface area contributed by atoms with Gasteiger partial charge < -0.3 is 9.73 Å². The highest BCUT2D eigenvalue weighted by molar-refractivity contribution is 7.84. The monoisotopic (exact) mass is 583 g/mol. The fourth-order valence-electron chi connectivity index (χ4n) is 5.17. The summed E-state index contributed by atoms with van der Waals surface area (Å²) < 4.78 is 59.7. The van der Waals surface area contributed by atoms with E-state index in [2.05, 4.69) is 4.98 Å². The lowest BCUT2D eigenvalue weighted by Gasteiger charge is -2.30. The van der Waals surface area contributed by atoms with Crippen LogP contribution in [0.25, 0.3) is 33.6 Å². The second kappa shape index (κ2) is 11.1. The summed E-state index contributed by atoms with van der Waals surface area (Å²) in [7, 11) is -1.37. The van der Waals surface area contributed by atoms with E-state index >= 15 is 0 Å². The first kappa shape index (κ1) is 29.0. The van der Waals surface area contributed by atoms with Crippen molar-refractivity contribution in [2.24, 2.45) is 0 Å². The molecule has 41 heavy (non-hydrogen) atoms. The summed E-state index contributed by atoms with van der Waals surface area (Å²) in [6.07, 6.45) is -3.04. The Hall–Kier alpha value is -3.50. The van der Waals surface area contributed by atoms with Gasteiger partial charge in [0.15, 0.2) is 0 Å². The normalized spacial score (nSPS) is 16.6. The zero-order valence-electron chi connectivity index (χ0n) is 23.3. The second-order valence-electron chi connectivity index (χ2n) is 11.2. The van der Waals surface area contributed by atoms with Crippen LogP contribution in [-0.4, -0.2) is 36.9 Å². The molecule has 1 amide bonds. The van der Waals surface area contributed by atoms with Gasteiger partial charge in [0.25, 0.3) is 5.91 Å². The fraction of sp³-hybridized carbons (Fsp3) is 0.355. The minimum Gasteiger partial charge on any atom is -0.456 e. The molecule has 0 spiro atoms. The molecule has 0 saturated heterocycles. The van der Waals surface area contributed by atoms with Crippen LogP contribution in [0.15, 0.2) is 65.1 Å². The van der Waals surface area contributed by atoms with Crippen LogP contribution in [0.2, 0.25) is 0 Å². The van der Waals surface area contributed by atoms with Crippen molar-refractivity contribution in [3.05, 3.63) is 77.5 Å². The van der Waals surface area contributed by atoms with Crippen molar-refractivity contribution in [3.63, 3.8) is 0 Å². The number of furan rings is 1. The number of fused-ring (bicyclic) bond motifs is 2. The van der Waals surface area contributed by atoms with E-state index in [0.29, 0.717) is 30.0 Å². The van der Waals surface area contributed by atoms with Gasteiger partial charge in [-0.15, -0.1) is 0 Å². The van der Waals surface area contributed by atoms with Crippen LogP contribution >= 0.6 is 0 Å². The number of hydrogen-bond acceptors (Lipinski definition) is 4. The summed E-state index contributed by atoms with van der Waals surface area (Å²) in [4.78, 5) is 17.5. The van der Waals surface area contributed by atoms with Gasteiger partial charge in [-0.05, 0) is 57.0 Å². The highest BCUT2D eigenvalue weighted by Gasteiger charge is 2.40. The highest BCUT2D eigenvalue weighted by atomic mass is 32.2. The number of para-hydroxylation sites is 1. The van der Waals surface area contributed by atoms with E-state index < -0.39 is 34.4 Å². The lowest BCUT2D eigenvalue weighted by molar-refractivity contribution is -0.123. The summed E-state index contributed by atoms with van der Waals surface area (Å²) in [6, 6.07) is 18.5. The molecule has 5 rings (SSSR count). The minimum absolute atomic E-state index is 0.115. The molecular formula is C31H32F3N3O3S. The van der Waals surface area contributed by atoms with Crippen LogP contribution < -0.4 is 5.32 Å². The fourth-order valence-corrected chi connectivity index (χ4v) is 6.57. The molecule has 1 aliphatic rings. The van der Waals surface area contributed by atoms with E-state index in [4.69, 9.17) is 4.42 Å². The van der Waals surface area contributed by atoms with Crippen molar-refractivity contribution >= 4 is 27.9 Å². The number of hydrogen-bond donors (Lipinski definition) is 1. The van der Waals surface area contributed by atoms with Gasteiger partial charge in [-0.25, -0.2) is 13.5 Å². The van der Waals surface area contributed by atoms with Crippen LogP contribution in [0.1, 0.15) is 68.2 Å². The molecule has 0 saturated carbocycles. The van der Waals surface area contributed by atoms with Crippen LogP contribution in [0.3, 0.4) is 0 Å². The predicted molar refractivity (Wildman–Crippen MR) is 154 cm³/mol. The van der Waals surface area contributed by atoms with Crippen molar-refractivity contribution < 1.29 is 26.6 Å². The Kier molecular flexibility index (Phi) is 7.82. The number of rotatable bonds is 7. The van der Waals surface area contributed by atoms with Gasteiger partial charge in [-0.2, -0.15) is 13.2 Å². The van der Waals surface area contributed by atoms with E-state index in [1.807, 2.05) is 91.9 Å². The van der Waals surface area contributed by atoms with Crippen molar-refractivity contribution in [1.29, 1.82) is 0 Å². The molecule has 0 unspecified atom stereocenters. The number of amides is 1. The molecular weight excluding hydrogens is 551 g/mol. The molecule has 0 radical (unpaired) electrons. The third-order valence-corrected chi connectivity index (χ3v) is 8.84. The zero-order valence-corrected chi connectivity index (χ0v) is 24.2. The molecule has 2 atom stereocenters. The van der Waals surface area contributed by atoms with E-state index in [-0.39, 0.29) is 11.7 Å². The molecule has 2 aromatic heterocycles. The minimum atomic E-state index is -4.55. The highest BCUT2D eigenvalue weighted by Crippen LogP contribution is 2.45. The molecule has 10 heteroatoms. The van der Waals surface area contributed by atoms with Crippen LogP contribution in [0.5, 0.6) is 0 Å². The number of benzene rings is 2. The largest absolute Gasteiger partial charge is 0.456 e. The summed E-state index contributed by atoms with van der Waals surface area (Å²) in [5.74, 6) is -0.258. The quantitative estimate of drug-likeness (QED) is 0.244. The predicted octanol–water partition coefficient (Wildman–Crippen LogP) is 7.57. The Morgan fingerprint density at radius 2 is 1.80 bits per heavy atom. The first-order chi connectivity index (χ1) is 19.4. The van der Waals surface area contributed by atoms with Crippen molar-refractivity contribution in [3.8, 4) is 22.6 Å². The Labute approximate surface area is 239 Å². The Morgan fingerprint density at radius 1 is 1.07 bits per heavy atom. The molecule has 0 bridgehead atoms. The SMILES string of the molecule is CCC[C@@H]1c2c(cc(C(=O)NCC(F)(F)F)nc2-c2cccc(-c3cc4ccccc4o3)c2)CN1[S@](=O)C(C)(C)C. The van der Waals surface area contributed by atoms with Crippen molar-refractivity contribution in [2.45, 2.75) is 64.0 Å². The van der Waals surface area contributed by atoms with Crippen LogP contribution in [0.4, 0.5) is 13.2 Å². The number of pyridine rings is 1. The number of carbonyl (C=O) groups excluding carboxylic acids is 1. The Balaban J connectivity index is 1.64. The van der Waals surface area contributed by atoms with Gasteiger partial charge in [0.1, 0.15) is 34.6 Å². The Bertz CT molecular complexity index is 1590. The van der Waals surface area contributed by atoms with Gasteiger partial charge in [-0.3, -0.25) is 4.79 Å². The molecule has 2 aromatic carbocycles. The molecule has 216 valence electrons. The van der Waals surface area contributed by atoms with Gasteiger partial charge in [0, 0.05) is 28.6 Å². The lowest BCUT2D eigenvalue weighted by Crippen LogP contribution is -2.36. The molecule has 1 N–H and O–H groups in total. The van der Waals surface area contributed by atoms with Crippen LogP contribution in [0, 0.1) is 0 Å². The van der Waals surface area contributed by atoms with Gasteiger partial charge in [-0.1, -0.05) is 49.7 Å². The third kappa shape index (κ3) is 6.08. The number of nitrogens with one attached hydrogen (secondary N) is 1. The molecule has 1 aliphatic heterocycles. The smallest absolute Gasteiger partial charge is 0.405 e. The maximum Gasteiger partial charge on any atom is 0.405 e. The average molecular weight is 584 g/mol. The van der Waals surface area contributed by atoms with Gasteiger partial charge in [0.05, 0.1) is 16.5 Å².